The zero-order valence-corrected chi connectivity index (χ0v) is 11.2. The smallest absolute Gasteiger partial charge is 0.273 e. The van der Waals surface area contributed by atoms with Crippen molar-refractivity contribution >= 4 is 11.4 Å². The molecule has 0 radical (unpaired) electrons. The molecule has 0 atom stereocenters. The summed E-state index contributed by atoms with van der Waals surface area (Å²) in [4.78, 5) is 10.2. The van der Waals surface area contributed by atoms with Crippen LogP contribution >= 0.6 is 0 Å². The predicted octanol–water partition coefficient (Wildman–Crippen LogP) is 3.06. The highest BCUT2D eigenvalue weighted by atomic mass is 19.1. The Kier molecular flexibility index (Phi) is 4.22. The Morgan fingerprint density at radius 3 is 2.76 bits per heavy atom. The maximum Gasteiger partial charge on any atom is 0.273 e. The summed E-state index contributed by atoms with van der Waals surface area (Å²) in [5.41, 5.74) is 0.785. The van der Waals surface area contributed by atoms with Crippen molar-refractivity contribution in [2.45, 2.75) is 6.54 Å². The number of hydrogen-bond donors (Lipinski definition) is 2. The molecule has 0 unspecified atom stereocenters. The highest BCUT2D eigenvalue weighted by molar-refractivity contribution is 5.61. The Bertz CT molecular complexity index is 676. The van der Waals surface area contributed by atoms with Gasteiger partial charge in [0.1, 0.15) is 17.3 Å². The van der Waals surface area contributed by atoms with Crippen molar-refractivity contribution in [3.05, 3.63) is 57.9 Å². The molecule has 0 aliphatic carbocycles. The largest absolute Gasteiger partial charge is 0.508 e. The number of phenolic OH excluding ortho intramolecular Hbond substituents is 1. The van der Waals surface area contributed by atoms with Gasteiger partial charge in [-0.05, 0) is 24.3 Å². The van der Waals surface area contributed by atoms with E-state index in [0.29, 0.717) is 17.0 Å². The van der Waals surface area contributed by atoms with Crippen molar-refractivity contribution in [2.24, 2.45) is 0 Å². The van der Waals surface area contributed by atoms with Crippen molar-refractivity contribution in [1.29, 1.82) is 0 Å². The van der Waals surface area contributed by atoms with Crippen LogP contribution in [0.3, 0.4) is 0 Å². The molecule has 0 bridgehead atoms. The van der Waals surface area contributed by atoms with Gasteiger partial charge >= 0.3 is 0 Å². The van der Waals surface area contributed by atoms with Gasteiger partial charge < -0.3 is 15.2 Å². The van der Waals surface area contributed by atoms with Crippen molar-refractivity contribution < 1.29 is 19.2 Å². The van der Waals surface area contributed by atoms with Crippen molar-refractivity contribution in [3.8, 4) is 11.5 Å². The average Bonchev–Trinajstić information content (AvgIpc) is 2.47. The molecule has 2 N–H and O–H groups in total. The van der Waals surface area contributed by atoms with Crippen molar-refractivity contribution in [2.75, 3.05) is 12.4 Å². The van der Waals surface area contributed by atoms with Gasteiger partial charge in [-0.15, -0.1) is 0 Å². The van der Waals surface area contributed by atoms with Crippen LogP contribution in [-0.4, -0.2) is 17.1 Å². The number of nitrogens with zero attached hydrogens (tertiary/aromatic N) is 1. The van der Waals surface area contributed by atoms with Crippen LogP contribution in [0.2, 0.25) is 0 Å². The first-order valence-corrected chi connectivity index (χ1v) is 6.05. The number of ether oxygens (including phenoxy) is 1. The van der Waals surface area contributed by atoms with Crippen molar-refractivity contribution in [3.63, 3.8) is 0 Å². The molecule has 0 spiro atoms. The molecule has 0 aliphatic heterocycles. The molecule has 0 aliphatic rings. The van der Waals surface area contributed by atoms with Gasteiger partial charge in [0.05, 0.1) is 23.8 Å². The molecule has 0 heterocycles. The van der Waals surface area contributed by atoms with E-state index >= 15 is 0 Å². The van der Waals surface area contributed by atoms with Crippen LogP contribution in [0.25, 0.3) is 0 Å². The van der Waals surface area contributed by atoms with E-state index in [1.165, 1.54) is 37.4 Å². The van der Waals surface area contributed by atoms with E-state index in [2.05, 4.69) is 5.32 Å². The van der Waals surface area contributed by atoms with E-state index < -0.39 is 10.7 Å². The van der Waals surface area contributed by atoms with Gasteiger partial charge in [0, 0.05) is 18.2 Å². The van der Waals surface area contributed by atoms with E-state index in [1.807, 2.05) is 0 Å². The maximum absolute atomic E-state index is 13.1. The molecule has 2 rings (SSSR count). The molecule has 2 aromatic rings. The summed E-state index contributed by atoms with van der Waals surface area (Å²) in [6, 6.07) is 7.74. The number of aromatic hydroxyl groups is 1. The number of halogens is 1. The molecule has 0 fully saturated rings. The third-order valence-electron chi connectivity index (χ3n) is 2.91. The number of nitro groups is 1. The lowest BCUT2D eigenvalue weighted by atomic mass is 10.2. The van der Waals surface area contributed by atoms with Gasteiger partial charge in [0.15, 0.2) is 0 Å². The summed E-state index contributed by atoms with van der Waals surface area (Å²) in [5.74, 6) is -0.204. The normalized spacial score (nSPS) is 10.2. The van der Waals surface area contributed by atoms with Gasteiger partial charge in [-0.25, -0.2) is 4.39 Å². The second-order valence-electron chi connectivity index (χ2n) is 4.27. The van der Waals surface area contributed by atoms with Crippen LogP contribution in [0.15, 0.2) is 36.4 Å². The molecular weight excluding hydrogens is 279 g/mol. The van der Waals surface area contributed by atoms with Crippen LogP contribution in [-0.2, 0) is 6.54 Å². The molecule has 0 aromatic heterocycles. The fraction of sp³-hybridized carbons (Fsp3) is 0.143. The number of anilines is 1. The summed E-state index contributed by atoms with van der Waals surface area (Å²) in [6.45, 7) is 0.151. The lowest BCUT2D eigenvalue weighted by Crippen LogP contribution is -2.02. The first-order chi connectivity index (χ1) is 10.0. The number of hydrogen-bond acceptors (Lipinski definition) is 5. The minimum atomic E-state index is -0.523. The van der Waals surface area contributed by atoms with Gasteiger partial charge in [-0.1, -0.05) is 0 Å². The predicted molar refractivity (Wildman–Crippen MR) is 75.0 cm³/mol. The molecule has 110 valence electrons. The van der Waals surface area contributed by atoms with E-state index in [1.54, 1.807) is 0 Å². The van der Waals surface area contributed by atoms with Crippen LogP contribution in [0, 0.1) is 15.9 Å². The molecule has 2 aromatic carbocycles. The Hall–Kier alpha value is -2.83. The van der Waals surface area contributed by atoms with Crippen LogP contribution in [0.1, 0.15) is 5.56 Å². The molecule has 0 saturated heterocycles. The van der Waals surface area contributed by atoms with Crippen LogP contribution in [0.4, 0.5) is 15.8 Å². The topological polar surface area (TPSA) is 84.6 Å². The minimum absolute atomic E-state index is 0.0372. The zero-order valence-electron chi connectivity index (χ0n) is 11.2. The van der Waals surface area contributed by atoms with Crippen LogP contribution in [0.5, 0.6) is 11.5 Å². The second-order valence-corrected chi connectivity index (χ2v) is 4.27. The number of nitrogens with one attached hydrogen (secondary N) is 1. The van der Waals surface area contributed by atoms with Gasteiger partial charge in [0.2, 0.25) is 0 Å². The Labute approximate surface area is 119 Å². The van der Waals surface area contributed by atoms with Gasteiger partial charge in [-0.3, -0.25) is 10.1 Å². The number of non-ortho nitro benzene ring substituents is 1. The minimum Gasteiger partial charge on any atom is -0.508 e. The summed E-state index contributed by atoms with van der Waals surface area (Å²) in [5, 5.41) is 23.3. The summed E-state index contributed by atoms with van der Waals surface area (Å²) in [6.07, 6.45) is 0. The molecule has 6 nitrogen and oxygen atoms in total. The van der Waals surface area contributed by atoms with Gasteiger partial charge in [-0.2, -0.15) is 0 Å². The maximum atomic E-state index is 13.1. The lowest BCUT2D eigenvalue weighted by molar-refractivity contribution is -0.384. The first kappa shape index (κ1) is 14.6. The molecule has 0 amide bonds. The first-order valence-electron chi connectivity index (χ1n) is 6.05. The second kappa shape index (κ2) is 6.08. The monoisotopic (exact) mass is 292 g/mol. The molecule has 21 heavy (non-hydrogen) atoms. The quantitative estimate of drug-likeness (QED) is 0.653. The lowest BCUT2D eigenvalue weighted by Gasteiger charge is -2.12. The number of phenols is 1. The fourth-order valence-corrected chi connectivity index (χ4v) is 1.83. The summed E-state index contributed by atoms with van der Waals surface area (Å²) < 4.78 is 18.2. The van der Waals surface area contributed by atoms with Gasteiger partial charge in [0.25, 0.3) is 5.69 Å². The molecule has 0 saturated carbocycles. The van der Waals surface area contributed by atoms with E-state index in [9.17, 15) is 19.6 Å². The van der Waals surface area contributed by atoms with Crippen molar-refractivity contribution in [1.82, 2.24) is 0 Å². The summed E-state index contributed by atoms with van der Waals surface area (Å²) >= 11 is 0. The molecule has 7 heteroatoms. The number of rotatable bonds is 5. The highest BCUT2D eigenvalue weighted by Gasteiger charge is 2.11. The standard InChI is InChI=1S/C14H13FN2O4/c1-21-14-7-11(17(19)20)3-4-12(14)16-8-9-6-10(15)2-5-13(9)18/h2-7,16,18H,8H2,1H3. The third-order valence-corrected chi connectivity index (χ3v) is 2.91. The van der Waals surface area contributed by atoms with E-state index in [4.69, 9.17) is 4.74 Å². The number of benzene rings is 2. The summed E-state index contributed by atoms with van der Waals surface area (Å²) in [7, 11) is 1.39. The Morgan fingerprint density at radius 1 is 1.33 bits per heavy atom. The molecular formula is C14H13FN2O4. The number of methoxy groups -OCH3 is 1. The third kappa shape index (κ3) is 3.38. The average molecular weight is 292 g/mol. The Balaban J connectivity index is 2.19. The van der Waals surface area contributed by atoms with E-state index in [-0.39, 0.29) is 18.0 Å². The Morgan fingerprint density at radius 2 is 2.10 bits per heavy atom. The fourth-order valence-electron chi connectivity index (χ4n) is 1.83. The SMILES string of the molecule is COc1cc([N+](=O)[O-])ccc1NCc1cc(F)ccc1O. The zero-order chi connectivity index (χ0) is 15.4. The van der Waals surface area contributed by atoms with E-state index in [0.717, 1.165) is 6.07 Å². The highest BCUT2D eigenvalue weighted by Crippen LogP contribution is 2.30. The number of nitro benzene ring substituents is 1. The van der Waals surface area contributed by atoms with Crippen LogP contribution < -0.4 is 10.1 Å².